The van der Waals surface area contributed by atoms with Crippen LogP contribution in [-0.4, -0.2) is 38.1 Å². The standard InChI is InChI=1S/C18H20Cl2N4O/c1-13(18(25)22-17-14(19)5-4-6-15(17)20)23-9-11-24(12-10-23)16-7-2-3-8-21-16/h2-8,13H,9-12H2,1H3,(H,22,25)/p+2/t13-/m1/s1. The zero-order valence-electron chi connectivity index (χ0n) is 14.1. The number of carbonyl (C=O) groups excluding carboxylic acids is 1. The summed E-state index contributed by atoms with van der Waals surface area (Å²) in [6.07, 6.45) is 1.93. The summed E-state index contributed by atoms with van der Waals surface area (Å²) in [6.45, 7) is 5.54. The number of quaternary nitrogens is 1. The smallest absolute Gasteiger partial charge is 0.282 e. The predicted octanol–water partition coefficient (Wildman–Crippen LogP) is 1.54. The van der Waals surface area contributed by atoms with Crippen LogP contribution in [0.5, 0.6) is 0 Å². The van der Waals surface area contributed by atoms with Crippen LogP contribution in [-0.2, 0) is 4.79 Å². The van der Waals surface area contributed by atoms with Crippen LogP contribution >= 0.6 is 23.2 Å². The molecule has 0 radical (unpaired) electrons. The summed E-state index contributed by atoms with van der Waals surface area (Å²) < 4.78 is 0. The van der Waals surface area contributed by atoms with Gasteiger partial charge in [0, 0.05) is 6.07 Å². The molecule has 3 N–H and O–H groups in total. The number of rotatable bonds is 4. The summed E-state index contributed by atoms with van der Waals surface area (Å²) in [5.74, 6) is 1.05. The van der Waals surface area contributed by atoms with Crippen molar-refractivity contribution in [2.24, 2.45) is 0 Å². The number of H-pyrrole nitrogens is 1. The molecule has 1 aliphatic rings. The number of pyridine rings is 1. The average molecular weight is 381 g/mol. The lowest BCUT2D eigenvalue weighted by molar-refractivity contribution is -0.914. The van der Waals surface area contributed by atoms with Crippen LogP contribution < -0.4 is 20.1 Å². The van der Waals surface area contributed by atoms with Gasteiger partial charge in [-0.25, -0.2) is 4.98 Å². The SMILES string of the molecule is C[C@H](C(=O)Nc1c(Cl)cccc1Cl)[NH+]1CCN(c2cccc[nH+]2)CC1. The number of nitrogens with one attached hydrogen (secondary N) is 3. The molecule has 25 heavy (non-hydrogen) atoms. The number of benzene rings is 1. The lowest BCUT2D eigenvalue weighted by atomic mass is 10.2. The minimum atomic E-state index is -0.172. The molecule has 0 spiro atoms. The molecular weight excluding hydrogens is 359 g/mol. The summed E-state index contributed by atoms with van der Waals surface area (Å²) in [6, 6.07) is 11.1. The fourth-order valence-electron chi connectivity index (χ4n) is 3.08. The molecule has 1 atom stereocenters. The lowest BCUT2D eigenvalue weighted by Gasteiger charge is -2.31. The Kier molecular flexibility index (Phi) is 5.78. The molecule has 1 saturated heterocycles. The number of halogens is 2. The van der Waals surface area contributed by atoms with Crippen molar-refractivity contribution >= 4 is 40.6 Å². The molecule has 3 rings (SSSR count). The number of hydrogen-bond acceptors (Lipinski definition) is 2. The van der Waals surface area contributed by atoms with E-state index in [9.17, 15) is 4.79 Å². The molecule has 1 fully saturated rings. The molecule has 2 aromatic rings. The number of hydrogen-bond donors (Lipinski definition) is 2. The van der Waals surface area contributed by atoms with E-state index in [4.69, 9.17) is 23.2 Å². The highest BCUT2D eigenvalue weighted by molar-refractivity contribution is 6.39. The van der Waals surface area contributed by atoms with Crippen molar-refractivity contribution in [3.05, 3.63) is 52.6 Å². The van der Waals surface area contributed by atoms with Gasteiger partial charge in [-0.1, -0.05) is 35.3 Å². The van der Waals surface area contributed by atoms with Gasteiger partial charge >= 0.3 is 0 Å². The van der Waals surface area contributed by atoms with Gasteiger partial charge in [0.15, 0.2) is 6.04 Å². The first-order valence-corrected chi connectivity index (χ1v) is 9.13. The molecule has 0 aliphatic carbocycles. The van der Waals surface area contributed by atoms with Gasteiger partial charge in [-0.3, -0.25) is 9.69 Å². The Balaban J connectivity index is 1.59. The first-order valence-electron chi connectivity index (χ1n) is 8.37. The van der Waals surface area contributed by atoms with Gasteiger partial charge < -0.3 is 10.2 Å². The zero-order valence-corrected chi connectivity index (χ0v) is 15.6. The van der Waals surface area contributed by atoms with Crippen molar-refractivity contribution in [2.45, 2.75) is 13.0 Å². The maximum absolute atomic E-state index is 12.6. The number of amides is 1. The van der Waals surface area contributed by atoms with Crippen molar-refractivity contribution in [1.29, 1.82) is 0 Å². The normalized spacial score (nSPS) is 16.5. The third kappa shape index (κ3) is 4.24. The van der Waals surface area contributed by atoms with E-state index in [1.807, 2.05) is 25.3 Å². The van der Waals surface area contributed by atoms with Crippen LogP contribution in [0.3, 0.4) is 0 Å². The van der Waals surface area contributed by atoms with E-state index < -0.39 is 0 Å². The molecule has 1 amide bonds. The van der Waals surface area contributed by atoms with Gasteiger partial charge in [0.05, 0.1) is 21.9 Å². The molecule has 1 aromatic heterocycles. The molecule has 0 bridgehead atoms. The van der Waals surface area contributed by atoms with Gasteiger partial charge in [-0.15, -0.1) is 0 Å². The van der Waals surface area contributed by atoms with Crippen LogP contribution in [0, 0.1) is 0 Å². The Morgan fingerprint density at radius 3 is 2.44 bits per heavy atom. The van der Waals surface area contributed by atoms with Crippen LogP contribution in [0.2, 0.25) is 10.0 Å². The second-order valence-electron chi connectivity index (χ2n) is 6.20. The molecule has 1 aromatic carbocycles. The monoisotopic (exact) mass is 380 g/mol. The van der Waals surface area contributed by atoms with Gasteiger partial charge in [0.2, 0.25) is 0 Å². The van der Waals surface area contributed by atoms with E-state index in [1.165, 1.54) is 4.90 Å². The molecule has 1 aliphatic heterocycles. The third-order valence-electron chi connectivity index (χ3n) is 4.66. The van der Waals surface area contributed by atoms with E-state index in [1.54, 1.807) is 18.2 Å². The van der Waals surface area contributed by atoms with Crippen molar-refractivity contribution < 1.29 is 14.7 Å². The Labute approximate surface area is 157 Å². The highest BCUT2D eigenvalue weighted by Gasteiger charge is 2.32. The minimum Gasteiger partial charge on any atom is -0.318 e. The summed E-state index contributed by atoms with van der Waals surface area (Å²) in [5.41, 5.74) is 0.486. The highest BCUT2D eigenvalue weighted by atomic mass is 35.5. The summed E-state index contributed by atoms with van der Waals surface area (Å²) in [4.78, 5) is 19.4. The van der Waals surface area contributed by atoms with Crippen LogP contribution in [0.1, 0.15) is 6.92 Å². The first-order chi connectivity index (χ1) is 12.1. The minimum absolute atomic E-state index is 0.0651. The predicted molar refractivity (Wildman–Crippen MR) is 100 cm³/mol. The van der Waals surface area contributed by atoms with E-state index in [0.717, 1.165) is 32.0 Å². The Hall–Kier alpha value is -1.82. The van der Waals surface area contributed by atoms with E-state index in [2.05, 4.69) is 21.3 Å². The van der Waals surface area contributed by atoms with Crippen molar-refractivity contribution in [1.82, 2.24) is 0 Å². The van der Waals surface area contributed by atoms with E-state index in [0.29, 0.717) is 15.7 Å². The zero-order chi connectivity index (χ0) is 17.8. The second kappa shape index (κ2) is 8.04. The van der Waals surface area contributed by atoms with Crippen molar-refractivity contribution in [3.8, 4) is 0 Å². The number of aromatic nitrogens is 1. The quantitative estimate of drug-likeness (QED) is 0.844. The first kappa shape index (κ1) is 18.0. The number of carbonyl (C=O) groups is 1. The number of piperazine rings is 1. The van der Waals surface area contributed by atoms with E-state index >= 15 is 0 Å². The Bertz CT molecular complexity index is 713. The van der Waals surface area contributed by atoms with Crippen LogP contribution in [0.15, 0.2) is 42.6 Å². The molecule has 132 valence electrons. The van der Waals surface area contributed by atoms with Gasteiger partial charge in [-0.05, 0) is 25.1 Å². The third-order valence-corrected chi connectivity index (χ3v) is 5.29. The van der Waals surface area contributed by atoms with Gasteiger partial charge in [-0.2, -0.15) is 0 Å². The molecule has 0 unspecified atom stereocenters. The Morgan fingerprint density at radius 2 is 1.84 bits per heavy atom. The van der Waals surface area contributed by atoms with Crippen LogP contribution in [0.4, 0.5) is 11.5 Å². The van der Waals surface area contributed by atoms with Crippen molar-refractivity contribution in [3.63, 3.8) is 0 Å². The molecule has 7 heteroatoms. The van der Waals surface area contributed by atoms with Gasteiger partial charge in [0.1, 0.15) is 26.2 Å². The van der Waals surface area contributed by atoms with Crippen molar-refractivity contribution in [2.75, 3.05) is 36.4 Å². The summed E-state index contributed by atoms with van der Waals surface area (Å²) in [5, 5.41) is 3.78. The lowest BCUT2D eigenvalue weighted by Crippen LogP contribution is -3.19. The second-order valence-corrected chi connectivity index (χ2v) is 7.02. The number of aromatic amines is 1. The molecule has 5 nitrogen and oxygen atoms in total. The van der Waals surface area contributed by atoms with Crippen LogP contribution in [0.25, 0.3) is 0 Å². The average Bonchev–Trinajstić information content (AvgIpc) is 2.65. The maximum atomic E-state index is 12.6. The number of para-hydroxylation sites is 1. The largest absolute Gasteiger partial charge is 0.318 e. The highest BCUT2D eigenvalue weighted by Crippen LogP contribution is 2.29. The number of anilines is 2. The van der Waals surface area contributed by atoms with E-state index in [-0.39, 0.29) is 11.9 Å². The summed E-state index contributed by atoms with van der Waals surface area (Å²) >= 11 is 12.3. The molecule has 2 heterocycles. The Morgan fingerprint density at radius 1 is 1.16 bits per heavy atom. The maximum Gasteiger partial charge on any atom is 0.282 e. The molecule has 0 saturated carbocycles. The fourth-order valence-corrected chi connectivity index (χ4v) is 3.57. The number of nitrogens with zero attached hydrogens (tertiary/aromatic N) is 1. The summed E-state index contributed by atoms with van der Waals surface area (Å²) in [7, 11) is 0. The topological polar surface area (TPSA) is 50.9 Å². The fraction of sp³-hybridized carbons (Fsp3) is 0.333. The van der Waals surface area contributed by atoms with Gasteiger partial charge in [0.25, 0.3) is 11.7 Å². The molecular formula is C18H22Cl2N4O+2.